The van der Waals surface area contributed by atoms with Gasteiger partial charge in [0.2, 0.25) is 0 Å². The van der Waals surface area contributed by atoms with Gasteiger partial charge in [0.25, 0.3) is 0 Å². The summed E-state index contributed by atoms with van der Waals surface area (Å²) in [5.74, 6) is -0.882. The summed E-state index contributed by atoms with van der Waals surface area (Å²) < 4.78 is 16.8. The van der Waals surface area contributed by atoms with Crippen LogP contribution in [0.4, 0.5) is 0 Å². The van der Waals surface area contributed by atoms with Crippen molar-refractivity contribution in [2.45, 2.75) is 361 Å². The molecule has 0 saturated heterocycles. The summed E-state index contributed by atoms with van der Waals surface area (Å²) in [5, 5.41) is 0. The minimum atomic E-state index is -0.778. The maximum atomic E-state index is 12.9. The maximum absolute atomic E-state index is 12.9. The Bertz CT molecular complexity index is 1530. The van der Waals surface area contributed by atoms with Crippen LogP contribution >= 0.6 is 0 Å². The minimum absolute atomic E-state index is 0.0769. The molecule has 0 heterocycles. The van der Waals surface area contributed by atoms with E-state index >= 15 is 0 Å². The van der Waals surface area contributed by atoms with Gasteiger partial charge in [0.15, 0.2) is 6.10 Å². The highest BCUT2D eigenvalue weighted by atomic mass is 16.6. The van der Waals surface area contributed by atoms with Crippen LogP contribution in [0.15, 0.2) is 85.1 Å². The number of carbonyl (C=O) groups excluding carboxylic acids is 3. The quantitative estimate of drug-likeness (QED) is 0.0261. The number of esters is 3. The molecular formula is C75H132O6. The fraction of sp³-hybridized carbons (Fsp3) is 0.773. The lowest BCUT2D eigenvalue weighted by Crippen LogP contribution is -2.30. The van der Waals surface area contributed by atoms with Gasteiger partial charge in [-0.3, -0.25) is 14.4 Å². The molecular weight excluding hydrogens is 997 g/mol. The molecule has 0 bridgehead atoms. The van der Waals surface area contributed by atoms with Crippen LogP contribution in [-0.4, -0.2) is 37.2 Å². The van der Waals surface area contributed by atoms with Gasteiger partial charge < -0.3 is 14.2 Å². The second-order valence-corrected chi connectivity index (χ2v) is 23.4. The Labute approximate surface area is 503 Å². The van der Waals surface area contributed by atoms with Crippen molar-refractivity contribution < 1.29 is 28.6 Å². The first-order chi connectivity index (χ1) is 40.0. The third kappa shape index (κ3) is 67.3. The second-order valence-electron chi connectivity index (χ2n) is 23.4. The molecule has 0 aromatic heterocycles. The number of hydrogen-bond donors (Lipinski definition) is 0. The van der Waals surface area contributed by atoms with Crippen LogP contribution in [0.25, 0.3) is 0 Å². The van der Waals surface area contributed by atoms with Gasteiger partial charge in [-0.2, -0.15) is 0 Å². The largest absolute Gasteiger partial charge is 0.462 e. The van der Waals surface area contributed by atoms with Crippen LogP contribution < -0.4 is 0 Å². The van der Waals surface area contributed by atoms with Gasteiger partial charge in [-0.25, -0.2) is 0 Å². The van der Waals surface area contributed by atoms with Crippen LogP contribution in [0.1, 0.15) is 355 Å². The smallest absolute Gasteiger partial charge is 0.306 e. The Morgan fingerprint density at radius 2 is 0.481 bits per heavy atom. The molecule has 0 radical (unpaired) electrons. The molecule has 0 aliphatic carbocycles. The third-order valence-corrected chi connectivity index (χ3v) is 15.4. The van der Waals surface area contributed by atoms with Crippen LogP contribution in [-0.2, 0) is 28.6 Å². The summed E-state index contributed by atoms with van der Waals surface area (Å²) >= 11 is 0. The van der Waals surface area contributed by atoms with E-state index in [4.69, 9.17) is 14.2 Å². The monoisotopic (exact) mass is 1130 g/mol. The molecule has 0 aliphatic rings. The van der Waals surface area contributed by atoms with E-state index in [0.717, 1.165) is 109 Å². The number of rotatable bonds is 64. The van der Waals surface area contributed by atoms with E-state index in [-0.39, 0.29) is 31.1 Å². The van der Waals surface area contributed by atoms with Crippen molar-refractivity contribution in [1.29, 1.82) is 0 Å². The van der Waals surface area contributed by atoms with Crippen LogP contribution in [0, 0.1) is 0 Å². The van der Waals surface area contributed by atoms with E-state index in [0.29, 0.717) is 19.3 Å². The number of allylic oxidation sites excluding steroid dienone is 14. The first-order valence-electron chi connectivity index (χ1n) is 35.1. The summed E-state index contributed by atoms with van der Waals surface area (Å²) in [6, 6.07) is 0. The zero-order valence-corrected chi connectivity index (χ0v) is 53.8. The highest BCUT2D eigenvalue weighted by Gasteiger charge is 2.19. The van der Waals surface area contributed by atoms with Crippen molar-refractivity contribution in [2.75, 3.05) is 13.2 Å². The fourth-order valence-corrected chi connectivity index (χ4v) is 10.2. The molecule has 468 valence electrons. The lowest BCUT2D eigenvalue weighted by Gasteiger charge is -2.18. The highest BCUT2D eigenvalue weighted by molar-refractivity contribution is 5.71. The van der Waals surface area contributed by atoms with Crippen LogP contribution in [0.5, 0.6) is 0 Å². The average Bonchev–Trinajstić information content (AvgIpc) is 3.47. The number of unbranched alkanes of at least 4 members (excludes halogenated alkanes) is 39. The summed E-state index contributed by atoms with van der Waals surface area (Å²) in [5.41, 5.74) is 0. The van der Waals surface area contributed by atoms with Crippen molar-refractivity contribution >= 4 is 17.9 Å². The van der Waals surface area contributed by atoms with Gasteiger partial charge in [0.1, 0.15) is 13.2 Å². The zero-order valence-electron chi connectivity index (χ0n) is 53.8. The number of hydrogen-bond acceptors (Lipinski definition) is 6. The van der Waals surface area contributed by atoms with E-state index < -0.39 is 6.10 Å². The van der Waals surface area contributed by atoms with Gasteiger partial charge in [0, 0.05) is 19.3 Å². The SMILES string of the molecule is CC/C=C\C/C=C\C/C=C\C/C=C\C/C=C\C/C=C\C/C=C\CCCCCCCCCC(=O)OCC(COC(=O)CCCCCCCC)OC(=O)CCCCCCCCCCCCCCCCCCCCCCCCCCCCCC. The predicted octanol–water partition coefficient (Wildman–Crippen LogP) is 24.2. The summed E-state index contributed by atoms with van der Waals surface area (Å²) in [4.78, 5) is 38.1. The van der Waals surface area contributed by atoms with Crippen LogP contribution in [0.2, 0.25) is 0 Å². The molecule has 0 rings (SSSR count). The van der Waals surface area contributed by atoms with E-state index in [1.165, 1.54) is 205 Å². The molecule has 6 heteroatoms. The summed E-state index contributed by atoms with van der Waals surface area (Å²) in [6.07, 6.45) is 92.3. The van der Waals surface area contributed by atoms with E-state index in [9.17, 15) is 14.4 Å². The maximum Gasteiger partial charge on any atom is 0.306 e. The van der Waals surface area contributed by atoms with Gasteiger partial charge in [-0.1, -0.05) is 343 Å². The summed E-state index contributed by atoms with van der Waals surface area (Å²) in [7, 11) is 0. The van der Waals surface area contributed by atoms with E-state index in [2.05, 4.69) is 106 Å². The molecule has 1 unspecified atom stereocenters. The molecule has 6 nitrogen and oxygen atoms in total. The van der Waals surface area contributed by atoms with Gasteiger partial charge in [-0.05, 0) is 77.0 Å². The van der Waals surface area contributed by atoms with Crippen molar-refractivity contribution in [3.05, 3.63) is 85.1 Å². The Hall–Kier alpha value is -3.41. The minimum Gasteiger partial charge on any atom is -0.462 e. The molecule has 1 atom stereocenters. The lowest BCUT2D eigenvalue weighted by atomic mass is 10.0. The molecule has 0 aliphatic heterocycles. The Kier molecular flexibility index (Phi) is 66.2. The molecule has 0 saturated carbocycles. The topological polar surface area (TPSA) is 78.9 Å². The first-order valence-corrected chi connectivity index (χ1v) is 35.1. The van der Waals surface area contributed by atoms with E-state index in [1.54, 1.807) is 0 Å². The van der Waals surface area contributed by atoms with Crippen molar-refractivity contribution in [2.24, 2.45) is 0 Å². The average molecular weight is 1130 g/mol. The predicted molar refractivity (Wildman–Crippen MR) is 353 cm³/mol. The standard InChI is InChI=1S/C75H132O6/c1-4-7-10-13-16-18-20-22-24-26-28-30-32-34-36-38-40-41-43-45-47-49-51-53-55-57-59-62-65-68-74(77)80-71-72(70-79-73(76)67-64-61-15-12-9-6-3)81-75(78)69-66-63-60-58-56-54-52-50-48-46-44-42-39-37-35-33-31-29-27-25-23-21-19-17-14-11-8-5-2/h7,10,16,18,22,24,28,30,34,36,40-41,45,47,72H,4-6,8-9,11-15,17,19-21,23,25-27,29,31-33,35,37-39,42-44,46,48-71H2,1-3H3/b10-7-,18-16-,24-22-,30-28-,36-34-,41-40-,47-45-. The molecule has 0 aromatic carbocycles. The Balaban J connectivity index is 4.05. The van der Waals surface area contributed by atoms with Gasteiger partial charge in [-0.15, -0.1) is 0 Å². The molecule has 0 amide bonds. The fourth-order valence-electron chi connectivity index (χ4n) is 10.2. The van der Waals surface area contributed by atoms with Crippen molar-refractivity contribution in [3.8, 4) is 0 Å². The molecule has 0 spiro atoms. The highest BCUT2D eigenvalue weighted by Crippen LogP contribution is 2.18. The lowest BCUT2D eigenvalue weighted by molar-refractivity contribution is -0.167. The van der Waals surface area contributed by atoms with Gasteiger partial charge >= 0.3 is 17.9 Å². The Morgan fingerprint density at radius 3 is 0.753 bits per heavy atom. The third-order valence-electron chi connectivity index (χ3n) is 15.4. The number of carbonyl (C=O) groups is 3. The molecule has 81 heavy (non-hydrogen) atoms. The van der Waals surface area contributed by atoms with Crippen molar-refractivity contribution in [3.63, 3.8) is 0 Å². The molecule has 0 aromatic rings. The van der Waals surface area contributed by atoms with Crippen LogP contribution in [0.3, 0.4) is 0 Å². The Morgan fingerprint density at radius 1 is 0.259 bits per heavy atom. The van der Waals surface area contributed by atoms with Crippen molar-refractivity contribution in [1.82, 2.24) is 0 Å². The zero-order chi connectivity index (χ0) is 58.5. The second kappa shape index (κ2) is 69.1. The molecule has 0 fully saturated rings. The van der Waals surface area contributed by atoms with Gasteiger partial charge in [0.05, 0.1) is 0 Å². The summed E-state index contributed by atoms with van der Waals surface area (Å²) in [6.45, 7) is 6.50. The first kappa shape index (κ1) is 77.6. The normalized spacial score (nSPS) is 12.6. The van der Waals surface area contributed by atoms with E-state index in [1.807, 2.05) is 0 Å². The molecule has 0 N–H and O–H groups in total. The number of ether oxygens (including phenoxy) is 3.